The van der Waals surface area contributed by atoms with Gasteiger partial charge in [0.2, 0.25) is 5.91 Å². The number of aromatic nitrogens is 2. The van der Waals surface area contributed by atoms with E-state index in [0.717, 1.165) is 50.4 Å². The van der Waals surface area contributed by atoms with Crippen LogP contribution in [0.1, 0.15) is 57.2 Å². The van der Waals surface area contributed by atoms with E-state index in [9.17, 15) is 4.79 Å². The van der Waals surface area contributed by atoms with Crippen molar-refractivity contribution in [1.82, 2.24) is 20.2 Å². The number of hydrogen-bond donors (Lipinski definition) is 2. The predicted octanol–water partition coefficient (Wildman–Crippen LogP) is 1.49. The van der Waals surface area contributed by atoms with E-state index in [-0.39, 0.29) is 11.3 Å². The van der Waals surface area contributed by atoms with E-state index in [0.29, 0.717) is 12.5 Å². The summed E-state index contributed by atoms with van der Waals surface area (Å²) in [6.07, 6.45) is 3.84. The largest absolute Gasteiger partial charge is 0.353 e. The molecule has 2 heterocycles. The van der Waals surface area contributed by atoms with Crippen molar-refractivity contribution in [2.45, 2.75) is 71.0 Å². The van der Waals surface area contributed by atoms with E-state index in [1.165, 1.54) is 5.69 Å². The van der Waals surface area contributed by atoms with Gasteiger partial charge in [0.15, 0.2) is 0 Å². The van der Waals surface area contributed by atoms with Crippen LogP contribution >= 0.6 is 0 Å². The molecule has 2 N–H and O–H groups in total. The highest BCUT2D eigenvalue weighted by atomic mass is 16.1. The van der Waals surface area contributed by atoms with Crippen LogP contribution in [0.3, 0.4) is 0 Å². The third-order valence-corrected chi connectivity index (χ3v) is 4.16. The van der Waals surface area contributed by atoms with Crippen molar-refractivity contribution in [2.75, 3.05) is 6.54 Å². The molecule has 0 atom stereocenters. The molecule has 1 saturated carbocycles. The van der Waals surface area contributed by atoms with Gasteiger partial charge in [-0.25, -0.2) is 4.98 Å². The van der Waals surface area contributed by atoms with Crippen molar-refractivity contribution < 1.29 is 4.79 Å². The number of fused-ring (bicyclic) bond motifs is 1. The molecule has 1 aromatic rings. The quantitative estimate of drug-likeness (QED) is 0.883. The lowest BCUT2D eigenvalue weighted by Gasteiger charge is -2.21. The molecule has 1 aliphatic heterocycles. The molecular weight excluding hydrogens is 264 g/mol. The van der Waals surface area contributed by atoms with Crippen LogP contribution in [0.15, 0.2) is 0 Å². The van der Waals surface area contributed by atoms with E-state index in [4.69, 9.17) is 4.98 Å². The van der Waals surface area contributed by atoms with Crippen molar-refractivity contribution in [3.05, 3.63) is 17.2 Å². The Morgan fingerprint density at radius 1 is 1.43 bits per heavy atom. The first-order valence-electron chi connectivity index (χ1n) is 8.04. The summed E-state index contributed by atoms with van der Waals surface area (Å²) in [4.78, 5) is 16.8. The zero-order valence-electron chi connectivity index (χ0n) is 13.3. The Bertz CT molecular complexity index is 537. The zero-order chi connectivity index (χ0) is 15.0. The summed E-state index contributed by atoms with van der Waals surface area (Å²) in [6, 6.07) is 0.445. The van der Waals surface area contributed by atoms with Gasteiger partial charge in [-0.2, -0.15) is 0 Å². The monoisotopic (exact) mass is 290 g/mol. The Hall–Kier alpha value is -1.36. The summed E-state index contributed by atoms with van der Waals surface area (Å²) in [6.45, 7) is 9.16. The Morgan fingerprint density at radius 3 is 2.86 bits per heavy atom. The average Bonchev–Trinajstić information content (AvgIpc) is 3.14. The first-order chi connectivity index (χ1) is 9.95. The van der Waals surface area contributed by atoms with Crippen LogP contribution in [0.4, 0.5) is 0 Å². The molecule has 116 valence electrons. The third-order valence-electron chi connectivity index (χ3n) is 4.16. The second-order valence-electron chi connectivity index (χ2n) is 7.25. The number of nitrogens with one attached hydrogen (secondary N) is 2. The van der Waals surface area contributed by atoms with Crippen LogP contribution in [-0.4, -0.2) is 28.0 Å². The summed E-state index contributed by atoms with van der Waals surface area (Å²) in [5.41, 5.74) is 2.48. The molecule has 1 aliphatic carbocycles. The maximum atomic E-state index is 12.0. The molecule has 1 fully saturated rings. The molecule has 0 spiro atoms. The summed E-state index contributed by atoms with van der Waals surface area (Å²) in [5.74, 6) is 1.28. The Morgan fingerprint density at radius 2 is 2.19 bits per heavy atom. The van der Waals surface area contributed by atoms with Crippen LogP contribution in [0, 0.1) is 0 Å². The van der Waals surface area contributed by atoms with Crippen LogP contribution in [0.5, 0.6) is 0 Å². The first kappa shape index (κ1) is 14.6. The topological polar surface area (TPSA) is 59.0 Å². The van der Waals surface area contributed by atoms with Gasteiger partial charge in [0, 0.05) is 49.6 Å². The number of carbonyl (C=O) groups excluding carboxylic acids is 1. The smallest absolute Gasteiger partial charge is 0.222 e. The Labute approximate surface area is 126 Å². The molecule has 0 aromatic carbocycles. The number of hydrogen-bond acceptors (Lipinski definition) is 3. The second kappa shape index (κ2) is 5.44. The maximum Gasteiger partial charge on any atom is 0.222 e. The average molecular weight is 290 g/mol. The van der Waals surface area contributed by atoms with E-state index in [2.05, 4.69) is 36.0 Å². The SMILES string of the molecule is CC(C)(C)c1nc2c(n1CCC(=O)NC1CC1)CCNC2. The number of rotatable bonds is 4. The molecular formula is C16H26N4O. The maximum absolute atomic E-state index is 12.0. The minimum atomic E-state index is 0.00427. The lowest BCUT2D eigenvalue weighted by atomic mass is 9.95. The number of nitrogens with zero attached hydrogens (tertiary/aromatic N) is 2. The number of carbonyl (C=O) groups is 1. The molecule has 1 amide bonds. The minimum absolute atomic E-state index is 0.00427. The molecule has 0 radical (unpaired) electrons. The molecule has 5 heteroatoms. The molecule has 0 unspecified atom stereocenters. The fraction of sp³-hybridized carbons (Fsp3) is 0.750. The Balaban J connectivity index is 1.78. The number of imidazole rings is 1. The predicted molar refractivity (Wildman–Crippen MR) is 82.1 cm³/mol. The third kappa shape index (κ3) is 3.28. The second-order valence-corrected chi connectivity index (χ2v) is 7.25. The van der Waals surface area contributed by atoms with Crippen molar-refractivity contribution in [1.29, 1.82) is 0 Å². The standard InChI is InChI=1S/C16H26N4O/c1-16(2,3)15-19-12-10-17-8-6-13(12)20(15)9-7-14(21)18-11-4-5-11/h11,17H,4-10H2,1-3H3,(H,18,21). The summed E-state index contributed by atoms with van der Waals surface area (Å²) < 4.78 is 2.29. The highest BCUT2D eigenvalue weighted by molar-refractivity contribution is 5.76. The van der Waals surface area contributed by atoms with Gasteiger partial charge < -0.3 is 15.2 Å². The van der Waals surface area contributed by atoms with Gasteiger partial charge in [0.1, 0.15) is 5.82 Å². The van der Waals surface area contributed by atoms with Gasteiger partial charge >= 0.3 is 0 Å². The fourth-order valence-electron chi connectivity index (χ4n) is 2.93. The van der Waals surface area contributed by atoms with Gasteiger partial charge in [-0.1, -0.05) is 20.8 Å². The van der Waals surface area contributed by atoms with Gasteiger partial charge in [-0.15, -0.1) is 0 Å². The lowest BCUT2D eigenvalue weighted by Crippen LogP contribution is -2.29. The molecule has 21 heavy (non-hydrogen) atoms. The molecule has 1 aromatic heterocycles. The van der Waals surface area contributed by atoms with Crippen LogP contribution in [0.25, 0.3) is 0 Å². The van der Waals surface area contributed by atoms with Crippen LogP contribution < -0.4 is 10.6 Å². The van der Waals surface area contributed by atoms with E-state index >= 15 is 0 Å². The first-order valence-corrected chi connectivity index (χ1v) is 8.04. The molecule has 0 bridgehead atoms. The summed E-state index contributed by atoms with van der Waals surface area (Å²) in [7, 11) is 0. The van der Waals surface area contributed by atoms with Crippen molar-refractivity contribution in [3.8, 4) is 0 Å². The summed E-state index contributed by atoms with van der Waals surface area (Å²) in [5, 5.41) is 6.45. The normalized spacial score (nSPS) is 18.4. The van der Waals surface area contributed by atoms with Gasteiger partial charge in [0.05, 0.1) is 5.69 Å². The Kier molecular flexibility index (Phi) is 3.78. The van der Waals surface area contributed by atoms with E-state index in [1.54, 1.807) is 0 Å². The number of amides is 1. The molecule has 3 rings (SSSR count). The van der Waals surface area contributed by atoms with Crippen LogP contribution in [0.2, 0.25) is 0 Å². The van der Waals surface area contributed by atoms with Gasteiger partial charge in [0.25, 0.3) is 0 Å². The van der Waals surface area contributed by atoms with Gasteiger partial charge in [-0.3, -0.25) is 4.79 Å². The van der Waals surface area contributed by atoms with Crippen molar-refractivity contribution in [2.24, 2.45) is 0 Å². The highest BCUT2D eigenvalue weighted by Gasteiger charge is 2.28. The zero-order valence-corrected chi connectivity index (χ0v) is 13.3. The fourth-order valence-corrected chi connectivity index (χ4v) is 2.93. The van der Waals surface area contributed by atoms with Crippen molar-refractivity contribution >= 4 is 5.91 Å². The van der Waals surface area contributed by atoms with E-state index < -0.39 is 0 Å². The molecule has 5 nitrogen and oxygen atoms in total. The highest BCUT2D eigenvalue weighted by Crippen LogP contribution is 2.26. The molecule has 2 aliphatic rings. The minimum Gasteiger partial charge on any atom is -0.353 e. The van der Waals surface area contributed by atoms with Crippen LogP contribution in [-0.2, 0) is 29.7 Å². The lowest BCUT2D eigenvalue weighted by molar-refractivity contribution is -0.121. The molecule has 0 saturated heterocycles. The summed E-state index contributed by atoms with van der Waals surface area (Å²) >= 11 is 0. The van der Waals surface area contributed by atoms with E-state index in [1.807, 2.05) is 0 Å². The van der Waals surface area contributed by atoms with Crippen molar-refractivity contribution in [3.63, 3.8) is 0 Å². The van der Waals surface area contributed by atoms with Gasteiger partial charge in [-0.05, 0) is 12.8 Å².